The zero-order valence-corrected chi connectivity index (χ0v) is 34.6. The minimum atomic E-state index is -0.341. The van der Waals surface area contributed by atoms with Crippen molar-refractivity contribution < 1.29 is 4.42 Å². The number of nitrogens with one attached hydrogen (secondary N) is 2. The second-order valence-corrected chi connectivity index (χ2v) is 17.9. The standard InChI is InChI=1S/C56H38N4OS/c1-32-39(31-57)25-40(60-48-28-36-15-6-5-14-35(36)26-46(48)44-23-19-33-11-7-8-16-41(33)55(44)60)30-45(32)53-52(34-12-3-2-4-13-34)59-56-54(58-53)47-27-37(21-24-51(47)62-56)38-20-22-43-42-17-9-10-18-49(42)61-50(43)29-38/h2-30,32,39,52-53,58-59H,1H3. The van der Waals surface area contributed by atoms with Gasteiger partial charge in [0.15, 0.2) is 0 Å². The van der Waals surface area contributed by atoms with Crippen molar-refractivity contribution in [1.82, 2.24) is 4.57 Å². The second-order valence-electron chi connectivity index (χ2n) is 16.9. The van der Waals surface area contributed by atoms with Crippen LogP contribution < -0.4 is 10.6 Å². The molecular formula is C56H38N4OS. The molecule has 2 aliphatic rings. The lowest BCUT2D eigenvalue weighted by Gasteiger charge is -2.40. The van der Waals surface area contributed by atoms with E-state index < -0.39 is 0 Å². The molecule has 4 heterocycles. The Morgan fingerprint density at radius 1 is 0.597 bits per heavy atom. The summed E-state index contributed by atoms with van der Waals surface area (Å²) in [5, 5.41) is 30.9. The molecule has 0 spiro atoms. The summed E-state index contributed by atoms with van der Waals surface area (Å²) in [7, 11) is 0. The normalized spacial score (nSPS) is 18.8. The van der Waals surface area contributed by atoms with Crippen LogP contribution >= 0.6 is 11.3 Å². The van der Waals surface area contributed by atoms with Gasteiger partial charge in [0, 0.05) is 42.7 Å². The third-order valence-electron chi connectivity index (χ3n) is 13.5. The van der Waals surface area contributed by atoms with E-state index in [2.05, 4.69) is 192 Å². The third-order valence-corrected chi connectivity index (χ3v) is 14.6. The van der Waals surface area contributed by atoms with Crippen molar-refractivity contribution in [2.75, 3.05) is 10.6 Å². The van der Waals surface area contributed by atoms with Gasteiger partial charge in [-0.2, -0.15) is 5.26 Å². The summed E-state index contributed by atoms with van der Waals surface area (Å²) >= 11 is 1.79. The molecule has 0 bridgehead atoms. The fourth-order valence-corrected chi connectivity index (χ4v) is 11.5. The highest BCUT2D eigenvalue weighted by molar-refractivity contribution is 7.23. The summed E-state index contributed by atoms with van der Waals surface area (Å²) in [6.45, 7) is 2.22. The molecule has 4 atom stereocenters. The minimum Gasteiger partial charge on any atom is -0.456 e. The first-order valence-electron chi connectivity index (χ1n) is 21.3. The third kappa shape index (κ3) is 5.25. The van der Waals surface area contributed by atoms with Crippen LogP contribution in [0.4, 0.5) is 10.7 Å². The summed E-state index contributed by atoms with van der Waals surface area (Å²) in [5.74, 6) is -0.385. The Hall–Kier alpha value is -7.59. The highest BCUT2D eigenvalue weighted by atomic mass is 32.1. The Bertz CT molecular complexity index is 3770. The maximum absolute atomic E-state index is 11.0. The van der Waals surface area contributed by atoms with E-state index >= 15 is 0 Å². The Morgan fingerprint density at radius 3 is 2.16 bits per heavy atom. The molecule has 6 heteroatoms. The van der Waals surface area contributed by atoms with Gasteiger partial charge in [0.25, 0.3) is 0 Å². The molecule has 0 saturated carbocycles. The maximum atomic E-state index is 11.0. The first-order chi connectivity index (χ1) is 30.6. The number of allylic oxidation sites excluding steroid dienone is 3. The molecule has 4 unspecified atom stereocenters. The minimum absolute atomic E-state index is 0.0440. The molecule has 0 fully saturated rings. The summed E-state index contributed by atoms with van der Waals surface area (Å²) in [4.78, 5) is 0. The van der Waals surface area contributed by atoms with Crippen LogP contribution in [0.5, 0.6) is 0 Å². The molecule has 62 heavy (non-hydrogen) atoms. The van der Waals surface area contributed by atoms with Crippen LogP contribution in [0.25, 0.3) is 92.2 Å². The molecule has 1 aliphatic heterocycles. The monoisotopic (exact) mass is 814 g/mol. The van der Waals surface area contributed by atoms with Gasteiger partial charge < -0.3 is 19.6 Å². The number of anilines is 2. The van der Waals surface area contributed by atoms with Gasteiger partial charge in [-0.05, 0) is 99.0 Å². The topological polar surface area (TPSA) is 65.9 Å². The SMILES string of the molecule is CC1C(C2Nc3c(sc4ccc(-c5ccc6c(c5)oc5ccccc56)cc34)NC2c2ccccc2)=CC(n2c3cc4ccccc4cc3c3ccc4ccccc4c32)=CC1C#N. The molecule has 294 valence electrons. The van der Waals surface area contributed by atoms with E-state index in [9.17, 15) is 5.26 Å². The van der Waals surface area contributed by atoms with Crippen molar-refractivity contribution in [1.29, 1.82) is 5.26 Å². The molecule has 3 aromatic heterocycles. The van der Waals surface area contributed by atoms with Gasteiger partial charge >= 0.3 is 0 Å². The lowest BCUT2D eigenvalue weighted by molar-refractivity contribution is 0.515. The highest BCUT2D eigenvalue weighted by Crippen LogP contribution is 2.51. The zero-order chi connectivity index (χ0) is 41.1. The van der Waals surface area contributed by atoms with E-state index in [0.717, 1.165) is 60.5 Å². The molecule has 2 N–H and O–H groups in total. The number of para-hydroxylation sites is 1. The van der Waals surface area contributed by atoms with E-state index in [1.165, 1.54) is 53.5 Å². The van der Waals surface area contributed by atoms with E-state index in [1.54, 1.807) is 11.3 Å². The smallest absolute Gasteiger partial charge is 0.136 e. The van der Waals surface area contributed by atoms with Crippen molar-refractivity contribution >= 4 is 103 Å². The lowest BCUT2D eigenvalue weighted by atomic mass is 9.76. The summed E-state index contributed by atoms with van der Waals surface area (Å²) < 4.78 is 9.95. The molecule has 11 aromatic rings. The van der Waals surface area contributed by atoms with E-state index in [0.29, 0.717) is 0 Å². The average molecular weight is 815 g/mol. The molecule has 0 amide bonds. The molecule has 8 aromatic carbocycles. The lowest BCUT2D eigenvalue weighted by Crippen LogP contribution is -2.40. The van der Waals surface area contributed by atoms with Crippen molar-refractivity contribution in [3.63, 3.8) is 0 Å². The van der Waals surface area contributed by atoms with Gasteiger partial charge in [0.2, 0.25) is 0 Å². The Balaban J connectivity index is 0.992. The number of rotatable bonds is 4. The first-order valence-corrected chi connectivity index (χ1v) is 22.1. The number of nitriles is 1. The van der Waals surface area contributed by atoms with Crippen LogP contribution in [0, 0.1) is 23.2 Å². The number of furan rings is 1. The molecule has 0 radical (unpaired) electrons. The number of aromatic nitrogens is 1. The van der Waals surface area contributed by atoms with Crippen LogP contribution in [-0.4, -0.2) is 10.6 Å². The second kappa shape index (κ2) is 13.5. The van der Waals surface area contributed by atoms with Crippen LogP contribution in [0.3, 0.4) is 0 Å². The predicted octanol–water partition coefficient (Wildman–Crippen LogP) is 15.1. The van der Waals surface area contributed by atoms with E-state index in [4.69, 9.17) is 4.42 Å². The highest BCUT2D eigenvalue weighted by Gasteiger charge is 2.39. The molecule has 0 saturated heterocycles. The van der Waals surface area contributed by atoms with Gasteiger partial charge in [-0.15, -0.1) is 11.3 Å². The van der Waals surface area contributed by atoms with Crippen molar-refractivity contribution in [2.45, 2.75) is 19.0 Å². The van der Waals surface area contributed by atoms with E-state index in [-0.39, 0.29) is 23.9 Å². The van der Waals surface area contributed by atoms with E-state index in [1.807, 2.05) is 12.1 Å². The van der Waals surface area contributed by atoms with Gasteiger partial charge in [-0.1, -0.05) is 128 Å². The van der Waals surface area contributed by atoms with Crippen LogP contribution in [0.1, 0.15) is 18.5 Å². The van der Waals surface area contributed by atoms with Crippen LogP contribution in [-0.2, 0) is 0 Å². The van der Waals surface area contributed by atoms with Crippen molar-refractivity contribution in [3.05, 3.63) is 187 Å². The molecule has 13 rings (SSSR count). The average Bonchev–Trinajstić information content (AvgIpc) is 3.99. The summed E-state index contributed by atoms with van der Waals surface area (Å²) in [6, 6.07) is 61.3. The van der Waals surface area contributed by atoms with Gasteiger partial charge in [0.1, 0.15) is 16.2 Å². The number of benzene rings is 8. The number of nitrogens with zero attached hydrogens (tertiary/aromatic N) is 2. The number of hydrogen-bond donors (Lipinski definition) is 2. The Labute approximate surface area is 361 Å². The predicted molar refractivity (Wildman–Crippen MR) is 260 cm³/mol. The quantitative estimate of drug-likeness (QED) is 0.186. The molecule has 5 nitrogen and oxygen atoms in total. The molecule has 1 aliphatic carbocycles. The fourth-order valence-electron chi connectivity index (χ4n) is 10.4. The summed E-state index contributed by atoms with van der Waals surface area (Å²) in [6.07, 6.45) is 4.59. The number of fused-ring (bicyclic) bond motifs is 12. The van der Waals surface area contributed by atoms with Crippen LogP contribution in [0.15, 0.2) is 186 Å². The van der Waals surface area contributed by atoms with Crippen LogP contribution in [0.2, 0.25) is 0 Å². The van der Waals surface area contributed by atoms with Crippen molar-refractivity contribution in [2.24, 2.45) is 11.8 Å². The Kier molecular flexibility index (Phi) is 7.64. The Morgan fingerprint density at radius 2 is 1.31 bits per heavy atom. The fraction of sp³-hybridized carbons (Fsp3) is 0.0893. The summed E-state index contributed by atoms with van der Waals surface area (Å²) in [5.41, 5.74) is 10.8. The first kappa shape index (κ1) is 35.2. The zero-order valence-electron chi connectivity index (χ0n) is 33.8. The van der Waals surface area contributed by atoms with Gasteiger partial charge in [0.05, 0.1) is 40.8 Å². The van der Waals surface area contributed by atoms with Gasteiger partial charge in [-0.3, -0.25) is 0 Å². The molecular weight excluding hydrogens is 777 g/mol. The van der Waals surface area contributed by atoms with Gasteiger partial charge in [-0.25, -0.2) is 0 Å². The maximum Gasteiger partial charge on any atom is 0.136 e. The largest absolute Gasteiger partial charge is 0.456 e. The van der Waals surface area contributed by atoms with Crippen molar-refractivity contribution in [3.8, 4) is 17.2 Å². The number of hydrogen-bond acceptors (Lipinski definition) is 5. The number of thiophene rings is 1.